The summed E-state index contributed by atoms with van der Waals surface area (Å²) in [5, 5.41) is 20.1. The van der Waals surface area contributed by atoms with Gasteiger partial charge in [0, 0.05) is 19.5 Å². The molecule has 0 saturated carbocycles. The third-order valence-corrected chi connectivity index (χ3v) is 2.52. The van der Waals surface area contributed by atoms with E-state index in [1.165, 1.54) is 0 Å². The summed E-state index contributed by atoms with van der Waals surface area (Å²) in [5.41, 5.74) is 5.56. The molecule has 0 aromatic carbocycles. The average Bonchev–Trinajstić information content (AvgIpc) is 2.23. The molecule has 0 aliphatic carbocycles. The smallest absolute Gasteiger partial charge is 0.332 e. The maximum absolute atomic E-state index is 11.8. The predicted molar refractivity (Wildman–Crippen MR) is 67.9 cm³/mol. The van der Waals surface area contributed by atoms with E-state index in [-0.39, 0.29) is 36.8 Å². The lowest BCUT2D eigenvalue weighted by Crippen LogP contribution is -2.38. The van der Waals surface area contributed by atoms with E-state index in [2.05, 4.69) is 5.32 Å². The number of hydrogen-bond donors (Lipinski definition) is 4. The molecule has 0 spiro atoms. The van der Waals surface area contributed by atoms with Crippen molar-refractivity contribution in [1.29, 1.82) is 0 Å². The number of carbonyl (C=O) groups is 2. The van der Waals surface area contributed by atoms with E-state index in [4.69, 9.17) is 15.9 Å². The van der Waals surface area contributed by atoms with Crippen LogP contribution in [0.2, 0.25) is 0 Å². The van der Waals surface area contributed by atoms with E-state index in [1.54, 1.807) is 0 Å². The summed E-state index contributed by atoms with van der Waals surface area (Å²) in [4.78, 5) is 22.2. The maximum Gasteiger partial charge on any atom is 0.332 e. The monoisotopic (exact) mass is 260 g/mol. The Morgan fingerprint density at radius 1 is 1.33 bits per heavy atom. The van der Waals surface area contributed by atoms with Crippen LogP contribution in [0.4, 0.5) is 0 Å². The van der Waals surface area contributed by atoms with Crippen LogP contribution in [0.25, 0.3) is 0 Å². The van der Waals surface area contributed by atoms with E-state index >= 15 is 0 Å². The first-order valence-electron chi connectivity index (χ1n) is 6.06. The normalized spacial score (nSPS) is 14.9. The Kier molecular flexibility index (Phi) is 6.86. The van der Waals surface area contributed by atoms with Crippen molar-refractivity contribution in [3.8, 4) is 0 Å². The molecule has 0 aromatic heterocycles. The highest BCUT2D eigenvalue weighted by Crippen LogP contribution is 2.23. The van der Waals surface area contributed by atoms with Crippen LogP contribution >= 0.6 is 0 Å². The molecule has 2 atom stereocenters. The number of carbonyl (C=O) groups excluding carboxylic acids is 1. The van der Waals surface area contributed by atoms with Crippen LogP contribution < -0.4 is 11.1 Å². The first-order chi connectivity index (χ1) is 8.17. The summed E-state index contributed by atoms with van der Waals surface area (Å²) < 4.78 is 0. The summed E-state index contributed by atoms with van der Waals surface area (Å²) in [6.07, 6.45) is -0.783. The number of amides is 1. The highest BCUT2D eigenvalue weighted by atomic mass is 16.4. The number of nitrogens with one attached hydrogen (secondary N) is 1. The zero-order valence-corrected chi connectivity index (χ0v) is 11.3. The molecule has 0 radical (unpaired) electrons. The molecule has 0 aliphatic rings. The topological polar surface area (TPSA) is 113 Å². The number of nitrogens with two attached hydrogens (primary N) is 1. The number of carboxylic acids is 1. The molecule has 0 fully saturated rings. The third-order valence-electron chi connectivity index (χ3n) is 2.52. The molecule has 0 aromatic rings. The van der Waals surface area contributed by atoms with Gasteiger partial charge in [-0.05, 0) is 11.8 Å². The van der Waals surface area contributed by atoms with Crippen molar-refractivity contribution in [2.45, 2.75) is 39.7 Å². The summed E-state index contributed by atoms with van der Waals surface area (Å²) in [6, 6.07) is 0. The molecule has 0 saturated heterocycles. The molecular weight excluding hydrogens is 236 g/mol. The van der Waals surface area contributed by atoms with Gasteiger partial charge in [-0.25, -0.2) is 4.79 Å². The van der Waals surface area contributed by atoms with Gasteiger partial charge in [-0.15, -0.1) is 0 Å². The highest BCUT2D eigenvalue weighted by molar-refractivity contribution is 5.79. The van der Waals surface area contributed by atoms with Crippen molar-refractivity contribution in [2.24, 2.45) is 17.1 Å². The van der Waals surface area contributed by atoms with E-state index in [1.807, 2.05) is 20.8 Å². The molecule has 18 heavy (non-hydrogen) atoms. The van der Waals surface area contributed by atoms with E-state index in [9.17, 15) is 9.59 Å². The molecule has 6 nitrogen and oxygen atoms in total. The largest absolute Gasteiger partial charge is 0.479 e. The van der Waals surface area contributed by atoms with Crippen molar-refractivity contribution < 1.29 is 19.8 Å². The van der Waals surface area contributed by atoms with Gasteiger partial charge in [0.15, 0.2) is 6.10 Å². The molecule has 0 aliphatic heterocycles. The fourth-order valence-electron chi connectivity index (χ4n) is 1.62. The Balaban J connectivity index is 4.10. The Labute approximate surface area is 108 Å². The standard InChI is InChI=1S/C12H24N2O4/c1-12(2,3)6-8(7-13)10(16)14-5-4-9(15)11(17)18/h8-9,15H,4-7,13H2,1-3H3,(H,14,16)(H,17,18)/t8?,9-/m0/s1. The second kappa shape index (κ2) is 7.33. The minimum absolute atomic E-state index is 0.00194. The van der Waals surface area contributed by atoms with Gasteiger partial charge in [0.05, 0.1) is 5.92 Å². The van der Waals surface area contributed by atoms with Crippen molar-refractivity contribution >= 4 is 11.9 Å². The number of aliphatic hydroxyl groups excluding tert-OH is 1. The van der Waals surface area contributed by atoms with Gasteiger partial charge in [0.1, 0.15) is 0 Å². The second-order valence-corrected chi connectivity index (χ2v) is 5.63. The van der Waals surface area contributed by atoms with Gasteiger partial charge in [-0.3, -0.25) is 4.79 Å². The molecule has 5 N–H and O–H groups in total. The van der Waals surface area contributed by atoms with Crippen LogP contribution in [-0.4, -0.2) is 41.3 Å². The van der Waals surface area contributed by atoms with Crippen molar-refractivity contribution in [3.05, 3.63) is 0 Å². The number of carboxylic acid groups (broad SMARTS) is 1. The predicted octanol–water partition coefficient (Wildman–Crippen LogP) is -0.0507. The van der Waals surface area contributed by atoms with Gasteiger partial charge in [0.2, 0.25) is 5.91 Å². The minimum Gasteiger partial charge on any atom is -0.479 e. The number of hydrogen-bond acceptors (Lipinski definition) is 4. The average molecular weight is 260 g/mol. The van der Waals surface area contributed by atoms with Gasteiger partial charge in [-0.1, -0.05) is 20.8 Å². The fraction of sp³-hybridized carbons (Fsp3) is 0.833. The lowest BCUT2D eigenvalue weighted by molar-refractivity contribution is -0.147. The maximum atomic E-state index is 11.8. The quantitative estimate of drug-likeness (QED) is 0.512. The highest BCUT2D eigenvalue weighted by Gasteiger charge is 2.23. The minimum atomic E-state index is -1.44. The Bertz CT molecular complexity index is 286. The molecule has 106 valence electrons. The van der Waals surface area contributed by atoms with E-state index in [0.717, 1.165) is 0 Å². The zero-order chi connectivity index (χ0) is 14.3. The van der Waals surface area contributed by atoms with Crippen LogP contribution in [0, 0.1) is 11.3 Å². The SMILES string of the molecule is CC(C)(C)CC(CN)C(=O)NCC[C@H](O)C(=O)O. The number of rotatable bonds is 7. The lowest BCUT2D eigenvalue weighted by Gasteiger charge is -2.24. The molecule has 0 rings (SSSR count). The molecule has 0 bridgehead atoms. The third kappa shape index (κ3) is 7.24. The first-order valence-corrected chi connectivity index (χ1v) is 6.06. The number of aliphatic hydroxyl groups is 1. The van der Waals surface area contributed by atoms with Gasteiger partial charge < -0.3 is 21.3 Å². The molecule has 1 amide bonds. The van der Waals surface area contributed by atoms with E-state index in [0.29, 0.717) is 6.42 Å². The van der Waals surface area contributed by atoms with Crippen molar-refractivity contribution in [3.63, 3.8) is 0 Å². The molecule has 1 unspecified atom stereocenters. The first kappa shape index (κ1) is 16.9. The fourth-order valence-corrected chi connectivity index (χ4v) is 1.62. The van der Waals surface area contributed by atoms with Crippen molar-refractivity contribution in [1.82, 2.24) is 5.32 Å². The second-order valence-electron chi connectivity index (χ2n) is 5.63. The summed E-state index contributed by atoms with van der Waals surface area (Å²) in [7, 11) is 0. The Hall–Kier alpha value is -1.14. The van der Waals surface area contributed by atoms with Crippen molar-refractivity contribution in [2.75, 3.05) is 13.1 Å². The number of aliphatic carboxylic acids is 1. The van der Waals surface area contributed by atoms with Crippen LogP contribution in [0.5, 0.6) is 0 Å². The van der Waals surface area contributed by atoms with Crippen LogP contribution in [0.1, 0.15) is 33.6 Å². The van der Waals surface area contributed by atoms with E-state index < -0.39 is 12.1 Å². The zero-order valence-electron chi connectivity index (χ0n) is 11.3. The van der Waals surface area contributed by atoms with Crippen LogP contribution in [-0.2, 0) is 9.59 Å². The summed E-state index contributed by atoms with van der Waals surface area (Å²) >= 11 is 0. The van der Waals surface area contributed by atoms with Gasteiger partial charge >= 0.3 is 5.97 Å². The van der Waals surface area contributed by atoms with Crippen LogP contribution in [0.3, 0.4) is 0 Å². The summed E-state index contributed by atoms with van der Waals surface area (Å²) in [5.74, 6) is -1.76. The molecular formula is C12H24N2O4. The Morgan fingerprint density at radius 2 is 1.89 bits per heavy atom. The lowest BCUT2D eigenvalue weighted by atomic mass is 9.84. The molecule has 0 heterocycles. The molecule has 6 heteroatoms. The van der Waals surface area contributed by atoms with Gasteiger partial charge in [0.25, 0.3) is 0 Å². The Morgan fingerprint density at radius 3 is 2.28 bits per heavy atom. The van der Waals surface area contributed by atoms with Crippen LogP contribution in [0.15, 0.2) is 0 Å². The van der Waals surface area contributed by atoms with Gasteiger partial charge in [-0.2, -0.15) is 0 Å². The summed E-state index contributed by atoms with van der Waals surface area (Å²) in [6.45, 7) is 6.46.